The molecule has 0 aliphatic carbocycles. The Balaban J connectivity index is 1.78. The van der Waals surface area contributed by atoms with Crippen LogP contribution in [0.3, 0.4) is 0 Å². The van der Waals surface area contributed by atoms with Gasteiger partial charge in [0, 0.05) is 18.8 Å². The van der Waals surface area contributed by atoms with Gasteiger partial charge < -0.3 is 24.3 Å². The molecule has 0 saturated carbocycles. The van der Waals surface area contributed by atoms with Crippen molar-refractivity contribution in [1.29, 1.82) is 5.26 Å². The summed E-state index contributed by atoms with van der Waals surface area (Å²) < 4.78 is 10.8. The Bertz CT molecular complexity index is 733. The molecule has 1 saturated heterocycles. The van der Waals surface area contributed by atoms with E-state index in [1.807, 2.05) is 12.1 Å². The highest BCUT2D eigenvalue weighted by Crippen LogP contribution is 2.35. The second-order valence-corrected chi connectivity index (χ2v) is 6.01. The van der Waals surface area contributed by atoms with Crippen LogP contribution >= 0.6 is 0 Å². The van der Waals surface area contributed by atoms with Crippen molar-refractivity contribution in [3.8, 4) is 17.6 Å². The van der Waals surface area contributed by atoms with Crippen molar-refractivity contribution >= 4 is 5.97 Å². The summed E-state index contributed by atoms with van der Waals surface area (Å²) >= 11 is 0. The minimum absolute atomic E-state index is 0.203. The third kappa shape index (κ3) is 3.16. The minimum atomic E-state index is -1.11. The first-order valence-electron chi connectivity index (χ1n) is 8.04. The van der Waals surface area contributed by atoms with Gasteiger partial charge in [-0.05, 0) is 55.0 Å². The summed E-state index contributed by atoms with van der Waals surface area (Å²) in [6.45, 7) is 3.36. The molecule has 1 aromatic carbocycles. The van der Waals surface area contributed by atoms with Gasteiger partial charge in [0.05, 0.1) is 18.5 Å². The number of carbonyl (C=O) groups excluding carboxylic acids is 1. The van der Waals surface area contributed by atoms with E-state index in [4.69, 9.17) is 14.7 Å². The van der Waals surface area contributed by atoms with Gasteiger partial charge in [-0.25, -0.2) is 0 Å². The van der Waals surface area contributed by atoms with Crippen LogP contribution in [0.4, 0.5) is 0 Å². The van der Waals surface area contributed by atoms with Gasteiger partial charge in [-0.2, -0.15) is 5.26 Å². The predicted octanol–water partition coefficient (Wildman–Crippen LogP) is 1.14. The molecule has 6 heteroatoms. The molecule has 3 rings (SSSR count). The molecular formula is C18H19N2O4-. The summed E-state index contributed by atoms with van der Waals surface area (Å²) in [5.41, 5.74) is 3.15. The van der Waals surface area contributed by atoms with E-state index in [1.165, 1.54) is 0 Å². The third-order valence-corrected chi connectivity index (χ3v) is 4.58. The molecule has 0 atom stereocenters. The molecule has 0 unspecified atom stereocenters. The monoisotopic (exact) mass is 327 g/mol. The Morgan fingerprint density at radius 3 is 2.71 bits per heavy atom. The first kappa shape index (κ1) is 16.2. The fraction of sp³-hybridized carbons (Fsp3) is 0.444. The average molecular weight is 327 g/mol. The van der Waals surface area contributed by atoms with Gasteiger partial charge in [-0.15, -0.1) is 0 Å². The van der Waals surface area contributed by atoms with Gasteiger partial charge in [0.15, 0.2) is 11.5 Å². The molecule has 1 aromatic rings. The van der Waals surface area contributed by atoms with E-state index in [9.17, 15) is 9.90 Å². The maximum absolute atomic E-state index is 11.1. The van der Waals surface area contributed by atoms with E-state index in [0.717, 1.165) is 42.6 Å². The van der Waals surface area contributed by atoms with Crippen LogP contribution in [0.2, 0.25) is 0 Å². The van der Waals surface area contributed by atoms with Gasteiger partial charge in [0.1, 0.15) is 0 Å². The summed E-state index contributed by atoms with van der Waals surface area (Å²) in [4.78, 5) is 13.2. The molecule has 0 bridgehead atoms. The largest absolute Gasteiger partial charge is 0.545 e. The Morgan fingerprint density at radius 1 is 1.33 bits per heavy atom. The average Bonchev–Trinajstić information content (AvgIpc) is 3.20. The lowest BCUT2D eigenvalue weighted by atomic mass is 10.0. The Kier molecular flexibility index (Phi) is 4.61. The van der Waals surface area contributed by atoms with Crippen LogP contribution in [0.25, 0.3) is 0 Å². The summed E-state index contributed by atoms with van der Waals surface area (Å²) in [5.74, 6) is 0.276. The highest BCUT2D eigenvalue weighted by molar-refractivity contribution is 5.84. The predicted molar refractivity (Wildman–Crippen MR) is 84.1 cm³/mol. The number of fused-ring (bicyclic) bond motifs is 1. The Hall–Kier alpha value is -2.68. The fourth-order valence-corrected chi connectivity index (χ4v) is 3.28. The topological polar surface area (TPSA) is 85.6 Å². The lowest BCUT2D eigenvalue weighted by Gasteiger charge is -2.23. The molecule has 2 aliphatic heterocycles. The molecule has 6 nitrogen and oxygen atoms in total. The first-order chi connectivity index (χ1) is 11.6. The molecule has 0 radical (unpaired) electrons. The second kappa shape index (κ2) is 6.83. The molecule has 126 valence electrons. The van der Waals surface area contributed by atoms with E-state index in [0.29, 0.717) is 30.0 Å². The summed E-state index contributed by atoms with van der Waals surface area (Å²) in [7, 11) is 0. The van der Waals surface area contributed by atoms with Crippen molar-refractivity contribution in [2.45, 2.75) is 32.6 Å². The molecule has 2 heterocycles. The van der Waals surface area contributed by atoms with Gasteiger partial charge in [-0.1, -0.05) is 0 Å². The van der Waals surface area contributed by atoms with Crippen molar-refractivity contribution < 1.29 is 19.4 Å². The minimum Gasteiger partial charge on any atom is -0.545 e. The third-order valence-electron chi connectivity index (χ3n) is 4.58. The lowest BCUT2D eigenvalue weighted by molar-refractivity contribution is -0.299. The summed E-state index contributed by atoms with van der Waals surface area (Å²) in [6.07, 6.45) is 2.75. The number of carboxylic acid groups (broad SMARTS) is 1. The number of hydrogen-bond donors (Lipinski definition) is 0. The number of allylic oxidation sites excluding steroid dienone is 1. The van der Waals surface area contributed by atoms with Crippen LogP contribution in [-0.2, 0) is 17.6 Å². The van der Waals surface area contributed by atoms with Gasteiger partial charge in [0.25, 0.3) is 0 Å². The Labute approximate surface area is 140 Å². The molecule has 0 spiro atoms. The number of likely N-dealkylation sites (tertiary alicyclic amines) is 1. The van der Waals surface area contributed by atoms with Crippen molar-refractivity contribution in [1.82, 2.24) is 4.90 Å². The number of carbonyl (C=O) groups is 1. The molecule has 0 amide bonds. The fourth-order valence-electron chi connectivity index (χ4n) is 3.28. The number of benzene rings is 1. The first-order valence-corrected chi connectivity index (χ1v) is 8.04. The van der Waals surface area contributed by atoms with E-state index >= 15 is 0 Å². The number of ether oxygens (including phenoxy) is 2. The quantitative estimate of drug-likeness (QED) is 0.754. The van der Waals surface area contributed by atoms with Crippen LogP contribution < -0.4 is 14.6 Å². The van der Waals surface area contributed by atoms with Crippen LogP contribution in [0.5, 0.6) is 11.5 Å². The van der Waals surface area contributed by atoms with Crippen molar-refractivity contribution in [3.63, 3.8) is 0 Å². The van der Waals surface area contributed by atoms with Gasteiger partial charge in [-0.3, -0.25) is 0 Å². The van der Waals surface area contributed by atoms with E-state index in [2.05, 4.69) is 11.0 Å². The van der Waals surface area contributed by atoms with Gasteiger partial charge >= 0.3 is 0 Å². The van der Waals surface area contributed by atoms with E-state index in [1.54, 1.807) is 6.92 Å². The summed E-state index contributed by atoms with van der Waals surface area (Å²) in [6, 6.07) is 5.98. The molecule has 1 fully saturated rings. The standard InChI is InChI=1S/C18H20N2O4/c1-12(18(21)22)15-3-2-7-20(15)8-5-14-10-17-16(23-11-24-17)9-13(14)4-6-19/h9-10H,2-5,7-8,11H2,1H3,(H,21,22)/p-1. The number of carboxylic acids is 1. The smallest absolute Gasteiger partial charge is 0.231 e. The van der Waals surface area contributed by atoms with Crippen LogP contribution in [0.15, 0.2) is 23.4 Å². The molecule has 2 aliphatic rings. The van der Waals surface area contributed by atoms with Crippen molar-refractivity contribution in [2.24, 2.45) is 0 Å². The maximum Gasteiger partial charge on any atom is 0.231 e. The highest BCUT2D eigenvalue weighted by atomic mass is 16.7. The molecular weight excluding hydrogens is 308 g/mol. The zero-order valence-corrected chi connectivity index (χ0v) is 13.6. The van der Waals surface area contributed by atoms with Crippen LogP contribution in [-0.4, -0.2) is 30.8 Å². The number of nitrogens with zero attached hydrogens (tertiary/aromatic N) is 2. The molecule has 0 aromatic heterocycles. The maximum atomic E-state index is 11.1. The number of aliphatic carboxylic acids is 1. The van der Waals surface area contributed by atoms with Crippen molar-refractivity contribution in [3.05, 3.63) is 34.5 Å². The van der Waals surface area contributed by atoms with Crippen LogP contribution in [0, 0.1) is 11.3 Å². The highest BCUT2D eigenvalue weighted by Gasteiger charge is 2.21. The summed E-state index contributed by atoms with van der Waals surface area (Å²) in [5, 5.41) is 20.1. The zero-order chi connectivity index (χ0) is 17.1. The van der Waals surface area contributed by atoms with E-state index < -0.39 is 5.97 Å². The molecule has 0 N–H and O–H groups in total. The SMILES string of the molecule is CC(C(=O)[O-])=C1CCCN1CCc1cc2c(cc1CC#N)OCO2. The number of nitriles is 1. The number of hydrogen-bond acceptors (Lipinski definition) is 6. The van der Waals surface area contributed by atoms with E-state index in [-0.39, 0.29) is 6.79 Å². The Morgan fingerprint density at radius 2 is 2.04 bits per heavy atom. The van der Waals surface area contributed by atoms with Crippen LogP contribution in [0.1, 0.15) is 30.9 Å². The number of rotatable bonds is 5. The van der Waals surface area contributed by atoms with Crippen molar-refractivity contribution in [2.75, 3.05) is 19.9 Å². The van der Waals surface area contributed by atoms with Gasteiger partial charge in [0.2, 0.25) is 6.79 Å². The second-order valence-electron chi connectivity index (χ2n) is 6.01. The normalized spacial score (nSPS) is 17.8. The lowest BCUT2D eigenvalue weighted by Crippen LogP contribution is -2.28. The molecule has 24 heavy (non-hydrogen) atoms. The zero-order valence-electron chi connectivity index (χ0n) is 13.6.